The lowest BCUT2D eigenvalue weighted by Crippen LogP contribution is -2.51. The van der Waals surface area contributed by atoms with E-state index in [0.717, 1.165) is 0 Å². The molecule has 0 saturated carbocycles. The molecule has 1 atom stereocenters. The molecule has 15 heavy (non-hydrogen) atoms. The molecule has 0 aromatic rings. The number of nitrogens with zero attached hydrogens (tertiary/aromatic N) is 1. The SMILES string of the molecule is CC(C)(C)S(=O)(=O)N1CCOC(CCl)C1. The molecule has 1 aliphatic rings. The van der Waals surface area contributed by atoms with Crippen LogP contribution in [0.25, 0.3) is 0 Å². The van der Waals surface area contributed by atoms with Crippen LogP contribution in [0.1, 0.15) is 20.8 Å². The summed E-state index contributed by atoms with van der Waals surface area (Å²) in [6, 6.07) is 0. The second kappa shape index (κ2) is 4.57. The summed E-state index contributed by atoms with van der Waals surface area (Å²) in [6.45, 7) is 6.32. The van der Waals surface area contributed by atoms with Gasteiger partial charge in [-0.15, -0.1) is 11.6 Å². The van der Waals surface area contributed by atoms with Gasteiger partial charge in [-0.3, -0.25) is 0 Å². The Morgan fingerprint density at radius 1 is 1.47 bits per heavy atom. The molecular formula is C9H18ClNO3S. The summed E-state index contributed by atoms with van der Waals surface area (Å²) in [5.74, 6) is 0.330. The Morgan fingerprint density at radius 2 is 2.07 bits per heavy atom. The molecule has 1 saturated heterocycles. The molecule has 1 unspecified atom stereocenters. The highest BCUT2D eigenvalue weighted by atomic mass is 35.5. The van der Waals surface area contributed by atoms with Gasteiger partial charge in [0.25, 0.3) is 0 Å². The number of rotatable bonds is 2. The van der Waals surface area contributed by atoms with Crippen molar-refractivity contribution in [2.75, 3.05) is 25.6 Å². The number of sulfonamides is 1. The molecule has 1 heterocycles. The van der Waals surface area contributed by atoms with Crippen molar-refractivity contribution in [1.82, 2.24) is 4.31 Å². The maximum absolute atomic E-state index is 12.1. The molecule has 0 spiro atoms. The number of hydrogen-bond donors (Lipinski definition) is 0. The average molecular weight is 256 g/mol. The van der Waals surface area contributed by atoms with Crippen LogP contribution in [0.2, 0.25) is 0 Å². The minimum Gasteiger partial charge on any atom is -0.374 e. The number of alkyl halides is 1. The normalized spacial score (nSPS) is 25.5. The van der Waals surface area contributed by atoms with Crippen molar-refractivity contribution in [3.05, 3.63) is 0 Å². The summed E-state index contributed by atoms with van der Waals surface area (Å²) in [5.41, 5.74) is 0. The van der Waals surface area contributed by atoms with Gasteiger partial charge in [0.1, 0.15) is 0 Å². The van der Waals surface area contributed by atoms with E-state index >= 15 is 0 Å². The minimum absolute atomic E-state index is 0.183. The quantitative estimate of drug-likeness (QED) is 0.693. The first kappa shape index (κ1) is 13.2. The van der Waals surface area contributed by atoms with Crippen LogP contribution in [0.3, 0.4) is 0 Å². The van der Waals surface area contributed by atoms with E-state index in [1.54, 1.807) is 20.8 Å². The molecule has 0 aromatic heterocycles. The van der Waals surface area contributed by atoms with Crippen LogP contribution in [0.5, 0.6) is 0 Å². The molecule has 0 N–H and O–H groups in total. The molecular weight excluding hydrogens is 238 g/mol. The summed E-state index contributed by atoms with van der Waals surface area (Å²) in [5, 5.41) is 0. The third-order valence-electron chi connectivity index (χ3n) is 2.39. The summed E-state index contributed by atoms with van der Waals surface area (Å²) < 4.78 is 30.2. The van der Waals surface area contributed by atoms with Crippen molar-refractivity contribution in [3.8, 4) is 0 Å². The zero-order valence-corrected chi connectivity index (χ0v) is 10.9. The topological polar surface area (TPSA) is 46.6 Å². The largest absolute Gasteiger partial charge is 0.374 e. The Hall–Kier alpha value is 0.160. The van der Waals surface area contributed by atoms with E-state index in [-0.39, 0.29) is 6.10 Å². The van der Waals surface area contributed by atoms with Gasteiger partial charge in [-0.05, 0) is 20.8 Å². The average Bonchev–Trinajstić information content (AvgIpc) is 2.16. The van der Waals surface area contributed by atoms with Gasteiger partial charge in [-0.1, -0.05) is 0 Å². The smallest absolute Gasteiger partial charge is 0.219 e. The first-order chi connectivity index (χ1) is 6.79. The van der Waals surface area contributed by atoms with Crippen LogP contribution in [-0.4, -0.2) is 49.2 Å². The molecule has 0 bridgehead atoms. The maximum atomic E-state index is 12.1. The first-order valence-electron chi connectivity index (χ1n) is 4.96. The molecule has 1 aliphatic heterocycles. The molecule has 1 fully saturated rings. The zero-order valence-electron chi connectivity index (χ0n) is 9.36. The summed E-state index contributed by atoms with van der Waals surface area (Å²) in [4.78, 5) is 0. The lowest BCUT2D eigenvalue weighted by Gasteiger charge is -2.35. The highest BCUT2D eigenvalue weighted by Gasteiger charge is 2.37. The standard InChI is InChI=1S/C9H18ClNO3S/c1-9(2,3)15(12,13)11-4-5-14-8(6-10)7-11/h8H,4-7H2,1-3H3. The molecule has 90 valence electrons. The van der Waals surface area contributed by atoms with Crippen LogP contribution in [-0.2, 0) is 14.8 Å². The van der Waals surface area contributed by atoms with Crippen molar-refractivity contribution in [1.29, 1.82) is 0 Å². The van der Waals surface area contributed by atoms with E-state index in [4.69, 9.17) is 16.3 Å². The van der Waals surface area contributed by atoms with Gasteiger partial charge in [-0.2, -0.15) is 4.31 Å². The predicted molar refractivity (Wildman–Crippen MR) is 60.7 cm³/mol. The van der Waals surface area contributed by atoms with Crippen molar-refractivity contribution in [2.45, 2.75) is 31.6 Å². The van der Waals surface area contributed by atoms with Gasteiger partial charge in [0.15, 0.2) is 0 Å². The zero-order chi connectivity index (χ0) is 11.7. The van der Waals surface area contributed by atoms with Crippen molar-refractivity contribution < 1.29 is 13.2 Å². The molecule has 0 amide bonds. The van der Waals surface area contributed by atoms with E-state index in [1.807, 2.05) is 0 Å². The second-order valence-corrected chi connectivity index (χ2v) is 7.62. The minimum atomic E-state index is -3.25. The molecule has 1 rings (SSSR count). The molecule has 0 radical (unpaired) electrons. The monoisotopic (exact) mass is 255 g/mol. The van der Waals surface area contributed by atoms with Gasteiger partial charge >= 0.3 is 0 Å². The Kier molecular flexibility index (Phi) is 4.03. The Balaban J connectivity index is 2.80. The number of hydrogen-bond acceptors (Lipinski definition) is 3. The third kappa shape index (κ3) is 2.84. The Morgan fingerprint density at radius 3 is 2.53 bits per heavy atom. The molecule has 4 nitrogen and oxygen atoms in total. The molecule has 6 heteroatoms. The second-order valence-electron chi connectivity index (χ2n) is 4.62. The fraction of sp³-hybridized carbons (Fsp3) is 1.00. The number of morpholine rings is 1. The van der Waals surface area contributed by atoms with Crippen molar-refractivity contribution >= 4 is 21.6 Å². The lowest BCUT2D eigenvalue weighted by molar-refractivity contribution is 0.0116. The van der Waals surface area contributed by atoms with Gasteiger partial charge < -0.3 is 4.74 Å². The van der Waals surface area contributed by atoms with Gasteiger partial charge in [0.2, 0.25) is 10.0 Å². The van der Waals surface area contributed by atoms with Gasteiger partial charge in [0, 0.05) is 19.0 Å². The van der Waals surface area contributed by atoms with Crippen LogP contribution < -0.4 is 0 Å². The van der Waals surface area contributed by atoms with Crippen molar-refractivity contribution in [2.24, 2.45) is 0 Å². The van der Waals surface area contributed by atoms with E-state index in [1.165, 1.54) is 4.31 Å². The van der Waals surface area contributed by atoms with E-state index in [9.17, 15) is 8.42 Å². The molecule has 0 aromatic carbocycles. The predicted octanol–water partition coefficient (Wildman–Crippen LogP) is 1.05. The Labute approximate surface area is 96.6 Å². The van der Waals surface area contributed by atoms with Crippen LogP contribution in [0.4, 0.5) is 0 Å². The summed E-state index contributed by atoms with van der Waals surface area (Å²) in [6.07, 6.45) is -0.183. The van der Waals surface area contributed by atoms with Crippen LogP contribution >= 0.6 is 11.6 Å². The highest BCUT2D eigenvalue weighted by Crippen LogP contribution is 2.22. The van der Waals surface area contributed by atoms with E-state index in [0.29, 0.717) is 25.6 Å². The fourth-order valence-corrected chi connectivity index (χ4v) is 3.03. The maximum Gasteiger partial charge on any atom is 0.219 e. The summed E-state index contributed by atoms with van der Waals surface area (Å²) in [7, 11) is -3.25. The Bertz CT molecular complexity index is 310. The summed E-state index contributed by atoms with van der Waals surface area (Å²) >= 11 is 5.66. The fourth-order valence-electron chi connectivity index (χ4n) is 1.39. The highest BCUT2D eigenvalue weighted by molar-refractivity contribution is 7.90. The third-order valence-corrected chi connectivity index (χ3v) is 5.29. The lowest BCUT2D eigenvalue weighted by atomic mass is 10.3. The van der Waals surface area contributed by atoms with E-state index in [2.05, 4.69) is 0 Å². The van der Waals surface area contributed by atoms with Crippen LogP contribution in [0, 0.1) is 0 Å². The van der Waals surface area contributed by atoms with Gasteiger partial charge in [0.05, 0.1) is 17.5 Å². The van der Waals surface area contributed by atoms with Crippen LogP contribution in [0.15, 0.2) is 0 Å². The number of ether oxygens (including phenoxy) is 1. The van der Waals surface area contributed by atoms with Gasteiger partial charge in [-0.25, -0.2) is 8.42 Å². The van der Waals surface area contributed by atoms with Crippen molar-refractivity contribution in [3.63, 3.8) is 0 Å². The van der Waals surface area contributed by atoms with E-state index < -0.39 is 14.8 Å². The number of halogens is 1. The molecule has 0 aliphatic carbocycles. The first-order valence-corrected chi connectivity index (χ1v) is 6.94.